The van der Waals surface area contributed by atoms with Crippen LogP contribution in [-0.4, -0.2) is 42.6 Å². The highest BCUT2D eigenvalue weighted by Gasteiger charge is 2.25. The molecule has 2 amide bonds. The van der Waals surface area contributed by atoms with Crippen molar-refractivity contribution >= 4 is 12.0 Å². The number of alkyl carbamates (subject to hydrolysis) is 1. The Morgan fingerprint density at radius 3 is 2.23 bits per heavy atom. The van der Waals surface area contributed by atoms with Gasteiger partial charge in [0.2, 0.25) is 0 Å². The minimum Gasteiger partial charge on any atom is -0.449 e. The van der Waals surface area contributed by atoms with Gasteiger partial charge in [-0.05, 0) is 41.9 Å². The third kappa shape index (κ3) is 5.75. The molecule has 1 heterocycles. The SMILES string of the molecule is CC(C)COC(=O)NC1CCN(C(=O)c2ccc(C(C)(C)C)cc2)CC1. The number of likely N-dealkylation sites (tertiary alicyclic amines) is 1. The van der Waals surface area contributed by atoms with Gasteiger partial charge in [0.15, 0.2) is 0 Å². The van der Waals surface area contributed by atoms with E-state index in [1.807, 2.05) is 43.0 Å². The van der Waals surface area contributed by atoms with Gasteiger partial charge in [-0.25, -0.2) is 4.79 Å². The molecule has 0 aliphatic carbocycles. The van der Waals surface area contributed by atoms with E-state index in [-0.39, 0.29) is 23.5 Å². The number of hydrogen-bond acceptors (Lipinski definition) is 3. The molecule has 0 spiro atoms. The summed E-state index contributed by atoms with van der Waals surface area (Å²) in [4.78, 5) is 26.3. The summed E-state index contributed by atoms with van der Waals surface area (Å²) in [6.07, 6.45) is 1.15. The topological polar surface area (TPSA) is 58.6 Å². The van der Waals surface area contributed by atoms with Gasteiger partial charge in [0, 0.05) is 24.7 Å². The molecule has 1 aliphatic heterocycles. The lowest BCUT2D eigenvalue weighted by atomic mass is 9.86. The number of piperidine rings is 1. The van der Waals surface area contributed by atoms with E-state index in [4.69, 9.17) is 4.74 Å². The maximum atomic E-state index is 12.7. The molecule has 5 nitrogen and oxygen atoms in total. The number of ether oxygens (including phenoxy) is 1. The minimum atomic E-state index is -0.360. The lowest BCUT2D eigenvalue weighted by molar-refractivity contribution is 0.0700. The molecule has 26 heavy (non-hydrogen) atoms. The fourth-order valence-corrected chi connectivity index (χ4v) is 2.97. The number of nitrogens with zero attached hydrogens (tertiary/aromatic N) is 1. The van der Waals surface area contributed by atoms with Crippen LogP contribution in [0.4, 0.5) is 4.79 Å². The zero-order valence-corrected chi connectivity index (χ0v) is 16.7. The van der Waals surface area contributed by atoms with Crippen LogP contribution in [0.3, 0.4) is 0 Å². The zero-order valence-electron chi connectivity index (χ0n) is 16.7. The average Bonchev–Trinajstić information content (AvgIpc) is 2.59. The van der Waals surface area contributed by atoms with Crippen LogP contribution in [0.25, 0.3) is 0 Å². The fraction of sp³-hybridized carbons (Fsp3) is 0.619. The van der Waals surface area contributed by atoms with E-state index >= 15 is 0 Å². The van der Waals surface area contributed by atoms with Gasteiger partial charge in [0.05, 0.1) is 6.61 Å². The molecule has 5 heteroatoms. The van der Waals surface area contributed by atoms with Crippen LogP contribution in [0.1, 0.15) is 63.4 Å². The van der Waals surface area contributed by atoms with E-state index in [1.165, 1.54) is 5.56 Å². The predicted molar refractivity (Wildman–Crippen MR) is 103 cm³/mol. The first-order valence-electron chi connectivity index (χ1n) is 9.50. The molecule has 0 unspecified atom stereocenters. The van der Waals surface area contributed by atoms with Crippen molar-refractivity contribution < 1.29 is 14.3 Å². The molecule has 1 fully saturated rings. The van der Waals surface area contributed by atoms with Crippen molar-refractivity contribution in [2.45, 2.75) is 58.9 Å². The fourth-order valence-electron chi connectivity index (χ4n) is 2.97. The molecule has 2 rings (SSSR count). The van der Waals surface area contributed by atoms with Crippen LogP contribution in [0.2, 0.25) is 0 Å². The van der Waals surface area contributed by atoms with E-state index in [9.17, 15) is 9.59 Å². The van der Waals surface area contributed by atoms with Crippen LogP contribution >= 0.6 is 0 Å². The smallest absolute Gasteiger partial charge is 0.407 e. The zero-order chi connectivity index (χ0) is 19.3. The highest BCUT2D eigenvalue weighted by Crippen LogP contribution is 2.23. The summed E-state index contributed by atoms with van der Waals surface area (Å²) in [7, 11) is 0. The molecule has 0 aromatic heterocycles. The van der Waals surface area contributed by atoms with E-state index < -0.39 is 0 Å². The first-order valence-corrected chi connectivity index (χ1v) is 9.50. The number of hydrogen-bond donors (Lipinski definition) is 1. The van der Waals surface area contributed by atoms with Gasteiger partial charge in [-0.15, -0.1) is 0 Å². The van der Waals surface area contributed by atoms with Gasteiger partial charge in [0.1, 0.15) is 0 Å². The molecule has 0 atom stereocenters. The van der Waals surface area contributed by atoms with Gasteiger partial charge in [-0.2, -0.15) is 0 Å². The second-order valence-electron chi connectivity index (χ2n) is 8.53. The number of benzene rings is 1. The third-order valence-corrected chi connectivity index (χ3v) is 4.65. The number of rotatable bonds is 4. The largest absolute Gasteiger partial charge is 0.449 e. The molecular formula is C21H32N2O3. The van der Waals surface area contributed by atoms with Gasteiger partial charge in [0.25, 0.3) is 5.91 Å². The maximum absolute atomic E-state index is 12.7. The summed E-state index contributed by atoms with van der Waals surface area (Å²) in [5.41, 5.74) is 2.02. The summed E-state index contributed by atoms with van der Waals surface area (Å²) in [6.45, 7) is 12.2. The molecule has 1 aromatic carbocycles. The monoisotopic (exact) mass is 360 g/mol. The van der Waals surface area contributed by atoms with Crippen LogP contribution in [0.5, 0.6) is 0 Å². The van der Waals surface area contributed by atoms with Crippen molar-refractivity contribution in [2.75, 3.05) is 19.7 Å². The summed E-state index contributed by atoms with van der Waals surface area (Å²) < 4.78 is 5.16. The van der Waals surface area contributed by atoms with Gasteiger partial charge in [-0.3, -0.25) is 4.79 Å². The summed E-state index contributed by atoms with van der Waals surface area (Å²) in [5.74, 6) is 0.385. The molecular weight excluding hydrogens is 328 g/mol. The Kier molecular flexibility index (Phi) is 6.68. The lowest BCUT2D eigenvalue weighted by Gasteiger charge is -2.32. The van der Waals surface area contributed by atoms with Gasteiger partial charge < -0.3 is 15.0 Å². The van der Waals surface area contributed by atoms with Crippen molar-refractivity contribution in [1.29, 1.82) is 0 Å². The van der Waals surface area contributed by atoms with Gasteiger partial charge >= 0.3 is 6.09 Å². The van der Waals surface area contributed by atoms with E-state index in [0.29, 0.717) is 25.6 Å². The van der Waals surface area contributed by atoms with Crippen LogP contribution in [-0.2, 0) is 10.2 Å². The third-order valence-electron chi connectivity index (χ3n) is 4.65. The second-order valence-corrected chi connectivity index (χ2v) is 8.53. The molecule has 0 saturated carbocycles. The van der Waals surface area contributed by atoms with E-state index in [2.05, 4.69) is 26.1 Å². The molecule has 1 N–H and O–H groups in total. The standard InChI is InChI=1S/C21H32N2O3/c1-15(2)14-26-20(25)22-18-10-12-23(13-11-18)19(24)16-6-8-17(9-7-16)21(3,4)5/h6-9,15,18H,10-14H2,1-5H3,(H,22,25). The predicted octanol–water partition coefficient (Wildman–Crippen LogP) is 3.97. The first kappa shape index (κ1) is 20.3. The molecule has 0 radical (unpaired) electrons. The minimum absolute atomic E-state index is 0.0614. The van der Waals surface area contributed by atoms with E-state index in [0.717, 1.165) is 18.4 Å². The summed E-state index contributed by atoms with van der Waals surface area (Å²) in [5, 5.41) is 2.90. The second kappa shape index (κ2) is 8.56. The van der Waals surface area contributed by atoms with Crippen molar-refractivity contribution in [3.8, 4) is 0 Å². The Labute approximate surface area is 157 Å². The van der Waals surface area contributed by atoms with Crippen LogP contribution < -0.4 is 5.32 Å². The Bertz CT molecular complexity index is 609. The molecule has 1 aromatic rings. The molecule has 0 bridgehead atoms. The highest BCUT2D eigenvalue weighted by atomic mass is 16.5. The normalized spacial score (nSPS) is 15.8. The maximum Gasteiger partial charge on any atom is 0.407 e. The Hall–Kier alpha value is -2.04. The first-order chi connectivity index (χ1) is 12.2. The van der Waals surface area contributed by atoms with E-state index in [1.54, 1.807) is 0 Å². The Morgan fingerprint density at radius 2 is 1.73 bits per heavy atom. The Morgan fingerprint density at radius 1 is 1.15 bits per heavy atom. The quantitative estimate of drug-likeness (QED) is 0.884. The van der Waals surface area contributed by atoms with Crippen molar-refractivity contribution in [2.24, 2.45) is 5.92 Å². The Balaban J connectivity index is 1.83. The lowest BCUT2D eigenvalue weighted by Crippen LogP contribution is -2.46. The number of carbonyl (C=O) groups excluding carboxylic acids is 2. The van der Waals surface area contributed by atoms with Crippen LogP contribution in [0.15, 0.2) is 24.3 Å². The van der Waals surface area contributed by atoms with Crippen molar-refractivity contribution in [3.05, 3.63) is 35.4 Å². The summed E-state index contributed by atoms with van der Waals surface area (Å²) in [6, 6.07) is 7.97. The van der Waals surface area contributed by atoms with Crippen molar-refractivity contribution in [3.63, 3.8) is 0 Å². The summed E-state index contributed by atoms with van der Waals surface area (Å²) >= 11 is 0. The number of amides is 2. The average molecular weight is 360 g/mol. The molecule has 1 aliphatic rings. The van der Waals surface area contributed by atoms with Crippen molar-refractivity contribution in [1.82, 2.24) is 10.2 Å². The van der Waals surface area contributed by atoms with Crippen LogP contribution in [0, 0.1) is 5.92 Å². The number of carbonyl (C=O) groups is 2. The van der Waals surface area contributed by atoms with Gasteiger partial charge in [-0.1, -0.05) is 46.8 Å². The molecule has 144 valence electrons. The number of nitrogens with one attached hydrogen (secondary N) is 1. The molecule has 1 saturated heterocycles. The highest BCUT2D eigenvalue weighted by molar-refractivity contribution is 5.94.